The minimum atomic E-state index is -0.579. The third kappa shape index (κ3) is 6.23. The predicted molar refractivity (Wildman–Crippen MR) is 132 cm³/mol. The number of anilines is 4. The number of esters is 1. The first kappa shape index (κ1) is 23.9. The van der Waals surface area contributed by atoms with E-state index in [1.807, 2.05) is 32.0 Å². The van der Waals surface area contributed by atoms with Gasteiger partial charge in [-0.2, -0.15) is 10.1 Å². The molecule has 10 heteroatoms. The molecule has 2 aromatic carbocycles. The van der Waals surface area contributed by atoms with Gasteiger partial charge in [-0.15, -0.1) is 0 Å². The van der Waals surface area contributed by atoms with Crippen molar-refractivity contribution < 1.29 is 18.7 Å². The van der Waals surface area contributed by atoms with Gasteiger partial charge in [-0.25, -0.2) is 9.37 Å². The molecule has 0 radical (unpaired) electrons. The molecule has 9 nitrogen and oxygen atoms in total. The first-order valence-corrected chi connectivity index (χ1v) is 11.4. The number of aryl methyl sites for hydroxylation is 1. The molecule has 4 rings (SSSR count). The molecule has 0 saturated heterocycles. The lowest BCUT2D eigenvalue weighted by molar-refractivity contribution is -0.143. The van der Waals surface area contributed by atoms with Crippen molar-refractivity contribution in [1.29, 1.82) is 0 Å². The Bertz CT molecular complexity index is 1310. The number of carbonyl (C=O) groups is 1. The zero-order chi connectivity index (χ0) is 24.8. The Hall–Kier alpha value is -4.21. The molecular formula is C25H27FN6O3. The summed E-state index contributed by atoms with van der Waals surface area (Å²) in [6.45, 7) is 6.03. The summed E-state index contributed by atoms with van der Waals surface area (Å²) in [5.41, 5.74) is 2.95. The van der Waals surface area contributed by atoms with E-state index in [0.717, 1.165) is 28.5 Å². The zero-order valence-electron chi connectivity index (χ0n) is 19.8. The van der Waals surface area contributed by atoms with E-state index in [4.69, 9.17) is 9.47 Å². The molecule has 4 aromatic rings. The maximum Gasteiger partial charge on any atom is 0.306 e. The molecule has 0 amide bonds. The second kappa shape index (κ2) is 10.8. The lowest BCUT2D eigenvalue weighted by atomic mass is 10.1. The van der Waals surface area contributed by atoms with Crippen LogP contribution in [0, 0.1) is 5.82 Å². The van der Waals surface area contributed by atoms with E-state index >= 15 is 0 Å². The van der Waals surface area contributed by atoms with Crippen LogP contribution in [0.2, 0.25) is 0 Å². The highest BCUT2D eigenvalue weighted by Crippen LogP contribution is 2.25. The minimum absolute atomic E-state index is 0.0412. The Morgan fingerprint density at radius 1 is 1.11 bits per heavy atom. The van der Waals surface area contributed by atoms with Gasteiger partial charge in [0.05, 0.1) is 30.8 Å². The molecule has 2 heterocycles. The highest BCUT2D eigenvalue weighted by molar-refractivity contribution is 5.86. The van der Waals surface area contributed by atoms with Gasteiger partial charge in [0.25, 0.3) is 0 Å². The van der Waals surface area contributed by atoms with Crippen LogP contribution in [0.15, 0.2) is 48.7 Å². The van der Waals surface area contributed by atoms with Crippen LogP contribution in [0.4, 0.5) is 27.5 Å². The topological polar surface area (TPSA) is 114 Å². The number of carbonyl (C=O) groups excluding carboxylic acids is 1. The monoisotopic (exact) mass is 478 g/mol. The number of fused-ring (bicyclic) bond motifs is 1. The summed E-state index contributed by atoms with van der Waals surface area (Å²) in [7, 11) is 0. The molecule has 0 spiro atoms. The second-order valence-corrected chi connectivity index (χ2v) is 8.07. The van der Waals surface area contributed by atoms with Crippen molar-refractivity contribution in [3.05, 3.63) is 60.2 Å². The molecule has 3 N–H and O–H groups in total. The molecule has 0 aliphatic carbocycles. The van der Waals surface area contributed by atoms with Crippen LogP contribution in [-0.4, -0.2) is 38.8 Å². The van der Waals surface area contributed by atoms with Gasteiger partial charge in [0, 0.05) is 28.9 Å². The molecule has 0 aliphatic heterocycles. The van der Waals surface area contributed by atoms with Gasteiger partial charge in [0.1, 0.15) is 5.75 Å². The number of benzene rings is 2. The fraction of sp³-hybridized carbons (Fsp3) is 0.280. The maximum atomic E-state index is 14.4. The number of rotatable bonds is 10. The van der Waals surface area contributed by atoms with Crippen LogP contribution in [0.1, 0.15) is 32.9 Å². The molecule has 0 aliphatic rings. The number of hydrogen-bond acceptors (Lipinski definition) is 8. The van der Waals surface area contributed by atoms with Crippen LogP contribution < -0.4 is 15.4 Å². The van der Waals surface area contributed by atoms with Crippen molar-refractivity contribution in [2.24, 2.45) is 0 Å². The Labute approximate surface area is 202 Å². The van der Waals surface area contributed by atoms with Gasteiger partial charge >= 0.3 is 5.97 Å². The van der Waals surface area contributed by atoms with Gasteiger partial charge in [0.2, 0.25) is 5.95 Å². The Balaban J connectivity index is 1.48. The quantitative estimate of drug-likeness (QED) is 0.264. The van der Waals surface area contributed by atoms with Crippen LogP contribution >= 0.6 is 0 Å². The standard InChI is InChI=1S/C25H27FN6O3/c1-4-34-23(33)12-11-22-19-13-17(7-10-21(19)31-32-22)29-25-27-14-20(26)24(30-25)28-16-5-8-18(9-6-16)35-15(2)3/h5-10,13-15H,4,11-12H2,1-3H3,(H,31,32)(H2,27,28,29,30). The summed E-state index contributed by atoms with van der Waals surface area (Å²) in [6.07, 6.45) is 1.90. The first-order valence-electron chi connectivity index (χ1n) is 11.4. The van der Waals surface area contributed by atoms with E-state index in [-0.39, 0.29) is 30.3 Å². The minimum Gasteiger partial charge on any atom is -0.491 e. The van der Waals surface area contributed by atoms with Gasteiger partial charge in [-0.3, -0.25) is 9.89 Å². The highest BCUT2D eigenvalue weighted by atomic mass is 19.1. The molecule has 0 saturated carbocycles. The average Bonchev–Trinajstić information content (AvgIpc) is 3.23. The Morgan fingerprint density at radius 3 is 2.63 bits per heavy atom. The SMILES string of the molecule is CCOC(=O)CCc1[nH]nc2ccc(Nc3ncc(F)c(Nc4ccc(OC(C)C)cc4)n3)cc12. The second-order valence-electron chi connectivity index (χ2n) is 8.07. The lowest BCUT2D eigenvalue weighted by Gasteiger charge is -2.12. The van der Waals surface area contributed by atoms with Crippen molar-refractivity contribution in [1.82, 2.24) is 20.2 Å². The van der Waals surface area contributed by atoms with Crippen LogP contribution in [0.3, 0.4) is 0 Å². The number of halogens is 1. The van der Waals surface area contributed by atoms with Crippen molar-refractivity contribution in [3.63, 3.8) is 0 Å². The van der Waals surface area contributed by atoms with Gasteiger partial charge < -0.3 is 20.1 Å². The third-order valence-electron chi connectivity index (χ3n) is 5.01. The fourth-order valence-electron chi connectivity index (χ4n) is 3.46. The van der Waals surface area contributed by atoms with Gasteiger partial charge in [-0.05, 0) is 63.2 Å². The first-order chi connectivity index (χ1) is 16.9. The summed E-state index contributed by atoms with van der Waals surface area (Å²) in [5, 5.41) is 14.2. The smallest absolute Gasteiger partial charge is 0.306 e. The summed E-state index contributed by atoms with van der Waals surface area (Å²) in [6, 6.07) is 12.7. The van der Waals surface area contributed by atoms with E-state index in [1.54, 1.807) is 31.2 Å². The van der Waals surface area contributed by atoms with Gasteiger partial charge in [0.15, 0.2) is 11.6 Å². The maximum absolute atomic E-state index is 14.4. The summed E-state index contributed by atoms with van der Waals surface area (Å²) in [4.78, 5) is 20.0. The van der Waals surface area contributed by atoms with E-state index in [0.29, 0.717) is 24.4 Å². The highest BCUT2D eigenvalue weighted by Gasteiger charge is 2.12. The Morgan fingerprint density at radius 2 is 1.89 bits per heavy atom. The molecular weight excluding hydrogens is 451 g/mol. The van der Waals surface area contributed by atoms with Crippen molar-refractivity contribution in [2.75, 3.05) is 17.2 Å². The van der Waals surface area contributed by atoms with E-state index < -0.39 is 5.82 Å². The molecule has 0 bridgehead atoms. The number of aromatic amines is 1. The summed E-state index contributed by atoms with van der Waals surface area (Å²) < 4.78 is 25.0. The zero-order valence-corrected chi connectivity index (χ0v) is 19.8. The van der Waals surface area contributed by atoms with E-state index in [2.05, 4.69) is 30.8 Å². The van der Waals surface area contributed by atoms with Crippen molar-refractivity contribution in [2.45, 2.75) is 39.7 Å². The fourth-order valence-corrected chi connectivity index (χ4v) is 3.46. The average molecular weight is 479 g/mol. The number of hydrogen-bond donors (Lipinski definition) is 3. The van der Waals surface area contributed by atoms with Crippen LogP contribution in [-0.2, 0) is 16.0 Å². The molecule has 0 unspecified atom stereocenters. The molecule has 0 fully saturated rings. The van der Waals surface area contributed by atoms with E-state index in [1.165, 1.54) is 0 Å². The largest absolute Gasteiger partial charge is 0.491 e. The molecule has 35 heavy (non-hydrogen) atoms. The van der Waals surface area contributed by atoms with Crippen LogP contribution in [0.5, 0.6) is 5.75 Å². The lowest BCUT2D eigenvalue weighted by Crippen LogP contribution is -2.06. The summed E-state index contributed by atoms with van der Waals surface area (Å²) >= 11 is 0. The Kier molecular flexibility index (Phi) is 7.39. The number of H-pyrrole nitrogens is 1. The van der Waals surface area contributed by atoms with E-state index in [9.17, 15) is 9.18 Å². The van der Waals surface area contributed by atoms with Gasteiger partial charge in [-0.1, -0.05) is 0 Å². The third-order valence-corrected chi connectivity index (χ3v) is 5.01. The molecule has 0 atom stereocenters. The number of aromatic nitrogens is 4. The summed E-state index contributed by atoms with van der Waals surface area (Å²) in [5.74, 6) is 0.160. The van der Waals surface area contributed by atoms with Crippen molar-refractivity contribution in [3.8, 4) is 5.75 Å². The number of nitrogens with zero attached hydrogens (tertiary/aromatic N) is 3. The molecule has 2 aromatic heterocycles. The predicted octanol–water partition coefficient (Wildman–Crippen LogP) is 5.26. The number of ether oxygens (including phenoxy) is 2. The van der Waals surface area contributed by atoms with Crippen LogP contribution in [0.25, 0.3) is 10.9 Å². The normalized spacial score (nSPS) is 11.0. The number of nitrogens with one attached hydrogen (secondary N) is 3. The van der Waals surface area contributed by atoms with Crippen molar-refractivity contribution >= 4 is 40.0 Å². The molecule has 182 valence electrons.